The highest BCUT2D eigenvalue weighted by atomic mass is 127. The van der Waals surface area contributed by atoms with E-state index in [0.29, 0.717) is 0 Å². The van der Waals surface area contributed by atoms with Crippen molar-refractivity contribution in [1.29, 1.82) is 0 Å². The number of hydrogen-bond donors (Lipinski definition) is 2. The summed E-state index contributed by atoms with van der Waals surface area (Å²) >= 11 is 0. The fourth-order valence-corrected chi connectivity index (χ4v) is 2.60. The predicted octanol–water partition coefficient (Wildman–Crippen LogP) is 4.02. The predicted molar refractivity (Wildman–Crippen MR) is 127 cm³/mol. The fraction of sp³-hybridized carbons (Fsp3) is 0.667. The number of hydrogen-bond acceptors (Lipinski definition) is 3. The van der Waals surface area contributed by atoms with Crippen molar-refractivity contribution in [3.63, 3.8) is 0 Å². The first kappa shape index (κ1) is 26.1. The molecule has 156 valence electrons. The molecule has 0 radical (unpaired) electrons. The molecule has 0 atom stereocenters. The molecule has 0 unspecified atom stereocenters. The Morgan fingerprint density at radius 3 is 2.19 bits per heavy atom. The van der Waals surface area contributed by atoms with Gasteiger partial charge in [0.15, 0.2) is 5.96 Å². The van der Waals surface area contributed by atoms with Crippen LogP contribution in [-0.4, -0.2) is 50.8 Å². The number of nitrogens with one attached hydrogen (secondary N) is 2. The summed E-state index contributed by atoms with van der Waals surface area (Å²) in [6, 6.07) is 8.83. The first-order valence-electron chi connectivity index (χ1n) is 10.1. The summed E-state index contributed by atoms with van der Waals surface area (Å²) in [7, 11) is 1.81. The molecule has 1 aromatic rings. The van der Waals surface area contributed by atoms with Crippen LogP contribution >= 0.6 is 24.0 Å². The van der Waals surface area contributed by atoms with Crippen LogP contribution in [-0.2, 0) is 17.8 Å². The largest absolute Gasteiger partial charge is 0.381 e. The number of guanidine groups is 1. The highest BCUT2D eigenvalue weighted by Crippen LogP contribution is 2.07. The van der Waals surface area contributed by atoms with Gasteiger partial charge in [0, 0.05) is 39.9 Å². The SMILES string of the molecule is CCCCOCCCNC(=NC)NCc1ccc(CN(CC)CC)cc1.I. The number of halogens is 1. The average molecular weight is 490 g/mol. The fourth-order valence-electron chi connectivity index (χ4n) is 2.60. The van der Waals surface area contributed by atoms with Crippen LogP contribution < -0.4 is 10.6 Å². The zero-order chi connectivity index (χ0) is 19.0. The molecule has 0 aliphatic heterocycles. The van der Waals surface area contributed by atoms with E-state index in [4.69, 9.17) is 4.74 Å². The number of benzene rings is 1. The van der Waals surface area contributed by atoms with Crippen molar-refractivity contribution in [3.8, 4) is 0 Å². The molecule has 0 aliphatic rings. The number of nitrogens with zero attached hydrogens (tertiary/aromatic N) is 2. The third kappa shape index (κ3) is 12.3. The molecule has 0 amide bonds. The quantitative estimate of drug-likeness (QED) is 0.190. The van der Waals surface area contributed by atoms with E-state index in [0.717, 1.165) is 64.7 Å². The molecular formula is C21H39IN4O. The smallest absolute Gasteiger partial charge is 0.191 e. The van der Waals surface area contributed by atoms with Gasteiger partial charge in [-0.25, -0.2) is 0 Å². The van der Waals surface area contributed by atoms with Gasteiger partial charge in [-0.05, 0) is 37.1 Å². The maximum atomic E-state index is 5.57. The lowest BCUT2D eigenvalue weighted by Gasteiger charge is -2.18. The van der Waals surface area contributed by atoms with E-state index >= 15 is 0 Å². The van der Waals surface area contributed by atoms with E-state index in [9.17, 15) is 0 Å². The second-order valence-corrected chi connectivity index (χ2v) is 6.45. The molecule has 2 N–H and O–H groups in total. The zero-order valence-corrected chi connectivity index (χ0v) is 19.9. The molecule has 0 saturated heterocycles. The summed E-state index contributed by atoms with van der Waals surface area (Å²) in [5, 5.41) is 6.70. The first-order chi connectivity index (χ1) is 12.7. The van der Waals surface area contributed by atoms with Gasteiger partial charge in [-0.3, -0.25) is 9.89 Å². The van der Waals surface area contributed by atoms with Crippen LogP contribution in [0.5, 0.6) is 0 Å². The van der Waals surface area contributed by atoms with E-state index in [2.05, 4.69) is 65.6 Å². The summed E-state index contributed by atoms with van der Waals surface area (Å²) in [5.74, 6) is 0.839. The number of aliphatic imine (C=N–C) groups is 1. The monoisotopic (exact) mass is 490 g/mol. The van der Waals surface area contributed by atoms with Crippen LogP contribution in [0.2, 0.25) is 0 Å². The number of rotatable bonds is 13. The number of ether oxygens (including phenoxy) is 1. The van der Waals surface area contributed by atoms with Gasteiger partial charge in [0.05, 0.1) is 0 Å². The Morgan fingerprint density at radius 1 is 0.963 bits per heavy atom. The van der Waals surface area contributed by atoms with Crippen molar-refractivity contribution in [3.05, 3.63) is 35.4 Å². The summed E-state index contributed by atoms with van der Waals surface area (Å²) in [6.07, 6.45) is 3.32. The van der Waals surface area contributed by atoms with Crippen LogP contribution in [0.4, 0.5) is 0 Å². The van der Waals surface area contributed by atoms with Crippen LogP contribution in [0.25, 0.3) is 0 Å². The van der Waals surface area contributed by atoms with Crippen molar-refractivity contribution in [2.45, 2.75) is 53.1 Å². The first-order valence-corrected chi connectivity index (χ1v) is 10.1. The van der Waals surface area contributed by atoms with Crippen molar-refractivity contribution in [2.75, 3.05) is 39.9 Å². The zero-order valence-electron chi connectivity index (χ0n) is 17.6. The van der Waals surface area contributed by atoms with Crippen LogP contribution in [0.3, 0.4) is 0 Å². The second-order valence-electron chi connectivity index (χ2n) is 6.45. The summed E-state index contributed by atoms with van der Waals surface area (Å²) in [5.41, 5.74) is 2.63. The highest BCUT2D eigenvalue weighted by molar-refractivity contribution is 14.0. The molecule has 0 aliphatic carbocycles. The Morgan fingerprint density at radius 2 is 1.59 bits per heavy atom. The van der Waals surface area contributed by atoms with Gasteiger partial charge < -0.3 is 15.4 Å². The molecule has 1 aromatic carbocycles. The Kier molecular flexibility index (Phi) is 16.7. The van der Waals surface area contributed by atoms with Crippen molar-refractivity contribution < 1.29 is 4.74 Å². The Balaban J connectivity index is 0.00000676. The van der Waals surface area contributed by atoms with Gasteiger partial charge in [-0.1, -0.05) is 51.5 Å². The standard InChI is InChI=1S/C21H38N4O.HI/c1-5-8-15-26-16-9-14-23-21(22-4)24-17-19-10-12-20(13-11-19)18-25(6-2)7-3;/h10-13H,5-9,14-18H2,1-4H3,(H2,22,23,24);1H. The summed E-state index contributed by atoms with van der Waals surface area (Å²) in [4.78, 5) is 6.70. The second kappa shape index (κ2) is 17.3. The molecule has 0 fully saturated rings. The summed E-state index contributed by atoms with van der Waals surface area (Å²) in [6.45, 7) is 13.1. The highest BCUT2D eigenvalue weighted by Gasteiger charge is 2.02. The molecule has 5 nitrogen and oxygen atoms in total. The lowest BCUT2D eigenvalue weighted by Crippen LogP contribution is -2.37. The Hall–Kier alpha value is -0.860. The minimum Gasteiger partial charge on any atom is -0.381 e. The minimum atomic E-state index is 0. The third-order valence-corrected chi connectivity index (χ3v) is 4.41. The number of unbranched alkanes of at least 4 members (excludes halogenated alkanes) is 1. The molecule has 27 heavy (non-hydrogen) atoms. The third-order valence-electron chi connectivity index (χ3n) is 4.41. The molecule has 1 rings (SSSR count). The van der Waals surface area contributed by atoms with Crippen molar-refractivity contribution >= 4 is 29.9 Å². The molecular weight excluding hydrogens is 451 g/mol. The average Bonchev–Trinajstić information content (AvgIpc) is 2.68. The Bertz CT molecular complexity index is 489. The summed E-state index contributed by atoms with van der Waals surface area (Å²) < 4.78 is 5.57. The van der Waals surface area contributed by atoms with Crippen molar-refractivity contribution in [1.82, 2.24) is 15.5 Å². The lowest BCUT2D eigenvalue weighted by atomic mass is 10.1. The molecule has 0 spiro atoms. The molecule has 0 saturated carbocycles. The van der Waals surface area contributed by atoms with Crippen LogP contribution in [0, 0.1) is 0 Å². The Labute approximate surface area is 183 Å². The van der Waals surface area contributed by atoms with E-state index in [1.807, 2.05) is 0 Å². The normalized spacial score (nSPS) is 11.4. The lowest BCUT2D eigenvalue weighted by molar-refractivity contribution is 0.129. The van der Waals surface area contributed by atoms with E-state index < -0.39 is 0 Å². The maximum absolute atomic E-state index is 5.57. The topological polar surface area (TPSA) is 48.9 Å². The van der Waals surface area contributed by atoms with Gasteiger partial charge in [-0.2, -0.15) is 0 Å². The molecule has 0 aromatic heterocycles. The van der Waals surface area contributed by atoms with Crippen LogP contribution in [0.15, 0.2) is 29.3 Å². The van der Waals surface area contributed by atoms with Gasteiger partial charge in [-0.15, -0.1) is 24.0 Å². The van der Waals surface area contributed by atoms with E-state index in [1.165, 1.54) is 17.5 Å². The van der Waals surface area contributed by atoms with E-state index in [-0.39, 0.29) is 24.0 Å². The van der Waals surface area contributed by atoms with Gasteiger partial charge in [0.2, 0.25) is 0 Å². The maximum Gasteiger partial charge on any atom is 0.191 e. The van der Waals surface area contributed by atoms with E-state index in [1.54, 1.807) is 7.05 Å². The van der Waals surface area contributed by atoms with Gasteiger partial charge in [0.25, 0.3) is 0 Å². The molecule has 6 heteroatoms. The van der Waals surface area contributed by atoms with Gasteiger partial charge >= 0.3 is 0 Å². The van der Waals surface area contributed by atoms with Crippen LogP contribution in [0.1, 0.15) is 51.2 Å². The van der Waals surface area contributed by atoms with Gasteiger partial charge in [0.1, 0.15) is 0 Å². The molecule has 0 heterocycles. The minimum absolute atomic E-state index is 0. The van der Waals surface area contributed by atoms with Crippen molar-refractivity contribution in [2.24, 2.45) is 4.99 Å². The molecule has 0 bridgehead atoms.